The molecule has 0 fully saturated rings. The van der Waals surface area contributed by atoms with E-state index in [-0.39, 0.29) is 0 Å². The predicted octanol–water partition coefficient (Wildman–Crippen LogP) is 1.31. The summed E-state index contributed by atoms with van der Waals surface area (Å²) in [5.41, 5.74) is 9.27. The lowest BCUT2D eigenvalue weighted by Crippen LogP contribution is -2.33. The second-order valence-corrected chi connectivity index (χ2v) is 6.29. The predicted molar refractivity (Wildman–Crippen MR) is 93.6 cm³/mol. The molecule has 7 nitrogen and oxygen atoms in total. The Kier molecular flexibility index (Phi) is 5.75. The second kappa shape index (κ2) is 7.77. The van der Waals surface area contributed by atoms with Crippen molar-refractivity contribution >= 4 is 40.1 Å². The molecule has 0 radical (unpaired) electrons. The molecule has 0 spiro atoms. The molecule has 0 unspecified atom stereocenters. The van der Waals surface area contributed by atoms with Gasteiger partial charge in [-0.3, -0.25) is 14.6 Å². The van der Waals surface area contributed by atoms with Crippen LogP contribution in [0, 0.1) is 0 Å². The molecular formula is C15H19N5O2S. The van der Waals surface area contributed by atoms with Gasteiger partial charge in [0.05, 0.1) is 12.3 Å². The van der Waals surface area contributed by atoms with E-state index in [0.29, 0.717) is 11.0 Å². The molecule has 1 aromatic rings. The highest BCUT2D eigenvalue weighted by Gasteiger charge is 2.17. The summed E-state index contributed by atoms with van der Waals surface area (Å²) in [6, 6.07) is 7.56. The monoisotopic (exact) mass is 333 g/mol. The van der Waals surface area contributed by atoms with Crippen molar-refractivity contribution in [3.8, 4) is 0 Å². The Morgan fingerprint density at radius 2 is 2.09 bits per heavy atom. The third-order valence-electron chi connectivity index (χ3n) is 3.28. The largest absolute Gasteiger partial charge is 0.361 e. The molecule has 122 valence electrons. The normalized spacial score (nSPS) is 17.6. The number of nitrogens with one attached hydrogen (secondary N) is 2. The van der Waals surface area contributed by atoms with Crippen molar-refractivity contribution in [2.24, 2.45) is 15.8 Å². The van der Waals surface area contributed by atoms with Crippen molar-refractivity contribution in [1.82, 2.24) is 5.43 Å². The fourth-order valence-electron chi connectivity index (χ4n) is 1.87. The number of primary amides is 1. The molecule has 1 heterocycles. The standard InChI is InChI=1S/C15H19N5O2S/c1-3-12-8-17-15(23-12)18-11-6-4-10(5-7-11)9(2)19-20-14(22)13(16)21/h4-7,12H,3,8H2,1-2H3,(H2,16,21)(H,17,18)(H,20,22)/b19-9-/t12-/m1/s1. The van der Waals surface area contributed by atoms with Crippen molar-refractivity contribution in [3.05, 3.63) is 29.8 Å². The van der Waals surface area contributed by atoms with Crippen molar-refractivity contribution in [3.63, 3.8) is 0 Å². The summed E-state index contributed by atoms with van der Waals surface area (Å²) in [7, 11) is 0. The van der Waals surface area contributed by atoms with E-state index >= 15 is 0 Å². The Hall–Kier alpha value is -2.35. The van der Waals surface area contributed by atoms with Crippen LogP contribution in [0.4, 0.5) is 5.69 Å². The second-order valence-electron chi connectivity index (χ2n) is 5.00. The minimum absolute atomic E-state index is 0.556. The maximum atomic E-state index is 11.1. The topological polar surface area (TPSA) is 109 Å². The van der Waals surface area contributed by atoms with Crippen LogP contribution < -0.4 is 16.5 Å². The number of aliphatic imine (C=N–C) groups is 1. The lowest BCUT2D eigenvalue weighted by molar-refractivity contribution is -0.137. The first-order valence-electron chi connectivity index (χ1n) is 7.22. The number of amides is 2. The van der Waals surface area contributed by atoms with Gasteiger partial charge in [-0.15, -0.1) is 0 Å². The van der Waals surface area contributed by atoms with E-state index < -0.39 is 11.8 Å². The maximum absolute atomic E-state index is 11.1. The number of nitrogens with two attached hydrogens (primary N) is 1. The summed E-state index contributed by atoms with van der Waals surface area (Å²) in [6.07, 6.45) is 1.10. The number of hydrogen-bond acceptors (Lipinski definition) is 6. The average Bonchev–Trinajstić information content (AvgIpc) is 3.00. The maximum Gasteiger partial charge on any atom is 0.329 e. The molecule has 0 aromatic heterocycles. The number of amidine groups is 1. The van der Waals surface area contributed by atoms with E-state index in [2.05, 4.69) is 27.8 Å². The molecule has 0 bridgehead atoms. The fourth-order valence-corrected chi connectivity index (χ4v) is 2.83. The zero-order valence-electron chi connectivity index (χ0n) is 13.0. The van der Waals surface area contributed by atoms with Gasteiger partial charge < -0.3 is 11.1 Å². The highest BCUT2D eigenvalue weighted by atomic mass is 32.2. The van der Waals surface area contributed by atoms with E-state index in [4.69, 9.17) is 5.73 Å². The summed E-state index contributed by atoms with van der Waals surface area (Å²) < 4.78 is 0. The molecule has 1 aromatic carbocycles. The minimum Gasteiger partial charge on any atom is -0.361 e. The van der Waals surface area contributed by atoms with Crippen LogP contribution in [-0.2, 0) is 9.59 Å². The molecule has 1 aliphatic heterocycles. The average molecular weight is 333 g/mol. The Labute approximate surface area is 138 Å². The van der Waals surface area contributed by atoms with Crippen LogP contribution in [0.3, 0.4) is 0 Å². The molecule has 2 amide bonds. The number of benzene rings is 1. The number of hydrazone groups is 1. The van der Waals surface area contributed by atoms with Crippen LogP contribution >= 0.6 is 11.8 Å². The van der Waals surface area contributed by atoms with Gasteiger partial charge in [-0.25, -0.2) is 5.43 Å². The van der Waals surface area contributed by atoms with E-state index in [0.717, 1.165) is 29.4 Å². The number of nitrogens with zero attached hydrogens (tertiary/aromatic N) is 2. The first kappa shape index (κ1) is 17.0. The Balaban J connectivity index is 1.95. The molecule has 0 saturated carbocycles. The zero-order chi connectivity index (χ0) is 16.8. The van der Waals surface area contributed by atoms with Crippen molar-refractivity contribution in [1.29, 1.82) is 0 Å². The van der Waals surface area contributed by atoms with E-state index in [1.54, 1.807) is 18.7 Å². The van der Waals surface area contributed by atoms with Crippen molar-refractivity contribution in [2.75, 3.05) is 11.9 Å². The van der Waals surface area contributed by atoms with Crippen LogP contribution in [0.15, 0.2) is 34.4 Å². The summed E-state index contributed by atoms with van der Waals surface area (Å²) in [5.74, 6) is -2.01. The third kappa shape index (κ3) is 4.82. The SMILES string of the molecule is CC[C@@H]1CN=C(Nc2ccc(/C(C)=N\NC(=O)C(N)=O)cc2)S1. The van der Waals surface area contributed by atoms with Gasteiger partial charge in [0, 0.05) is 10.9 Å². The fraction of sp³-hybridized carbons (Fsp3) is 0.333. The highest BCUT2D eigenvalue weighted by molar-refractivity contribution is 8.15. The van der Waals surface area contributed by atoms with Crippen molar-refractivity contribution in [2.45, 2.75) is 25.5 Å². The first-order chi connectivity index (χ1) is 11.0. The van der Waals surface area contributed by atoms with Crippen molar-refractivity contribution < 1.29 is 9.59 Å². The quantitative estimate of drug-likeness (QED) is 0.438. The van der Waals surface area contributed by atoms with Gasteiger partial charge in [-0.05, 0) is 31.0 Å². The number of anilines is 1. The number of rotatable bonds is 4. The third-order valence-corrected chi connectivity index (χ3v) is 4.55. The minimum atomic E-state index is -1.07. The Bertz CT molecular complexity index is 654. The van der Waals surface area contributed by atoms with Gasteiger partial charge in [0.2, 0.25) is 0 Å². The highest BCUT2D eigenvalue weighted by Crippen LogP contribution is 2.24. The van der Waals surface area contributed by atoms with Gasteiger partial charge in [0.25, 0.3) is 0 Å². The molecule has 4 N–H and O–H groups in total. The lowest BCUT2D eigenvalue weighted by Gasteiger charge is -2.08. The molecule has 2 rings (SSSR count). The van der Waals surface area contributed by atoms with Gasteiger partial charge in [-0.1, -0.05) is 30.8 Å². The number of thioether (sulfide) groups is 1. The zero-order valence-corrected chi connectivity index (χ0v) is 13.8. The molecule has 8 heteroatoms. The van der Waals surface area contributed by atoms with Crippen LogP contribution in [0.25, 0.3) is 0 Å². The number of carbonyl (C=O) groups excluding carboxylic acids is 2. The molecular weight excluding hydrogens is 314 g/mol. The van der Waals surface area contributed by atoms with Gasteiger partial charge >= 0.3 is 11.8 Å². The summed E-state index contributed by atoms with van der Waals surface area (Å²) in [4.78, 5) is 26.1. The number of hydrogen-bond donors (Lipinski definition) is 3. The van der Waals surface area contributed by atoms with E-state index in [1.807, 2.05) is 24.3 Å². The Morgan fingerprint density at radius 1 is 1.39 bits per heavy atom. The molecule has 0 saturated heterocycles. The van der Waals surface area contributed by atoms with Gasteiger partial charge in [0.1, 0.15) is 0 Å². The van der Waals surface area contributed by atoms with Crippen LogP contribution in [0.1, 0.15) is 25.8 Å². The summed E-state index contributed by atoms with van der Waals surface area (Å²) in [6.45, 7) is 4.74. The van der Waals surface area contributed by atoms with E-state index in [9.17, 15) is 9.59 Å². The van der Waals surface area contributed by atoms with Crippen LogP contribution in [0.2, 0.25) is 0 Å². The summed E-state index contributed by atoms with van der Waals surface area (Å²) >= 11 is 1.75. The molecule has 23 heavy (non-hydrogen) atoms. The lowest BCUT2D eigenvalue weighted by atomic mass is 10.1. The number of carbonyl (C=O) groups is 2. The van der Waals surface area contributed by atoms with Crippen LogP contribution in [0.5, 0.6) is 0 Å². The van der Waals surface area contributed by atoms with Gasteiger partial charge in [0.15, 0.2) is 5.17 Å². The molecule has 1 aliphatic rings. The Morgan fingerprint density at radius 3 is 2.65 bits per heavy atom. The summed E-state index contributed by atoms with van der Waals surface area (Å²) in [5, 5.41) is 8.61. The van der Waals surface area contributed by atoms with Gasteiger partial charge in [-0.2, -0.15) is 5.10 Å². The smallest absolute Gasteiger partial charge is 0.329 e. The molecule has 0 aliphatic carbocycles. The van der Waals surface area contributed by atoms with E-state index in [1.165, 1.54) is 0 Å². The van der Waals surface area contributed by atoms with Crippen LogP contribution in [-0.4, -0.2) is 34.5 Å². The first-order valence-corrected chi connectivity index (χ1v) is 8.10. The molecule has 1 atom stereocenters.